The lowest BCUT2D eigenvalue weighted by Gasteiger charge is -2.31. The molecular formula is C52H38N4. The predicted octanol–water partition coefficient (Wildman–Crippen LogP) is 12.8. The lowest BCUT2D eigenvalue weighted by molar-refractivity contribution is 0.490. The standard InChI is InChI=1S/C52H38N4/c1-4-15-35(16-5-1)46-34-47(36-17-6-2-7-18-36)54-52(53-46)39-19-14-22-41(31-39)56-49-26-13-11-24-43(49)45-33-38(28-30-51(45)56)37-27-29-50-44(32-37)42-23-10-12-25-48(42)55(50)40-20-8-3-9-21-40/h1-33,46-47H,34H2,(H,53,54). The first-order valence-corrected chi connectivity index (χ1v) is 19.4. The van der Waals surface area contributed by atoms with Crippen LogP contribution in [0.25, 0.3) is 66.1 Å². The second-order valence-corrected chi connectivity index (χ2v) is 14.8. The first kappa shape index (κ1) is 32.3. The van der Waals surface area contributed by atoms with Crippen molar-refractivity contribution >= 4 is 49.4 Å². The molecule has 0 aliphatic carbocycles. The van der Waals surface area contributed by atoms with Crippen LogP contribution in [0.2, 0.25) is 0 Å². The number of para-hydroxylation sites is 3. The summed E-state index contributed by atoms with van der Waals surface area (Å²) in [7, 11) is 0. The van der Waals surface area contributed by atoms with Gasteiger partial charge in [-0.2, -0.15) is 0 Å². The second kappa shape index (κ2) is 13.3. The first-order chi connectivity index (χ1) is 27.8. The Morgan fingerprint density at radius 3 is 1.52 bits per heavy atom. The Morgan fingerprint density at radius 2 is 0.893 bits per heavy atom. The summed E-state index contributed by atoms with van der Waals surface area (Å²) in [6, 6.07) is 72.5. The maximum absolute atomic E-state index is 5.34. The van der Waals surface area contributed by atoms with Crippen molar-refractivity contribution in [3.8, 4) is 22.5 Å². The number of rotatable bonds is 6. The van der Waals surface area contributed by atoms with E-state index in [-0.39, 0.29) is 12.1 Å². The van der Waals surface area contributed by atoms with Crippen molar-refractivity contribution in [1.82, 2.24) is 14.5 Å². The molecule has 11 rings (SSSR count). The molecule has 0 bridgehead atoms. The number of nitrogens with zero attached hydrogens (tertiary/aromatic N) is 3. The van der Waals surface area contributed by atoms with Crippen LogP contribution in [0.5, 0.6) is 0 Å². The van der Waals surface area contributed by atoms with E-state index in [0.717, 1.165) is 23.5 Å². The number of aliphatic imine (C=N–C) groups is 1. The third-order valence-electron chi connectivity index (χ3n) is 11.5. The molecule has 8 aromatic carbocycles. The summed E-state index contributed by atoms with van der Waals surface area (Å²) in [5.41, 5.74) is 13.1. The van der Waals surface area contributed by atoms with Crippen LogP contribution in [-0.2, 0) is 0 Å². The molecule has 4 heteroatoms. The summed E-state index contributed by atoms with van der Waals surface area (Å²) in [6.07, 6.45) is 0.897. The van der Waals surface area contributed by atoms with Crippen LogP contribution in [0.1, 0.15) is 35.2 Å². The molecule has 0 saturated heterocycles. The number of aromatic nitrogens is 2. The van der Waals surface area contributed by atoms with Crippen molar-refractivity contribution in [2.24, 2.45) is 4.99 Å². The predicted molar refractivity (Wildman–Crippen MR) is 233 cm³/mol. The normalized spacial score (nSPS) is 15.7. The fourth-order valence-electron chi connectivity index (χ4n) is 8.87. The van der Waals surface area contributed by atoms with Gasteiger partial charge in [-0.15, -0.1) is 0 Å². The Balaban J connectivity index is 1.02. The van der Waals surface area contributed by atoms with E-state index in [1.54, 1.807) is 0 Å². The van der Waals surface area contributed by atoms with Crippen molar-refractivity contribution in [2.75, 3.05) is 0 Å². The summed E-state index contributed by atoms with van der Waals surface area (Å²) in [6.45, 7) is 0. The second-order valence-electron chi connectivity index (χ2n) is 14.8. The topological polar surface area (TPSA) is 34.2 Å². The fourth-order valence-corrected chi connectivity index (χ4v) is 8.87. The van der Waals surface area contributed by atoms with E-state index < -0.39 is 0 Å². The van der Waals surface area contributed by atoms with Crippen molar-refractivity contribution in [1.29, 1.82) is 0 Å². The third-order valence-corrected chi connectivity index (χ3v) is 11.5. The van der Waals surface area contributed by atoms with Gasteiger partial charge in [0.2, 0.25) is 0 Å². The van der Waals surface area contributed by atoms with Gasteiger partial charge < -0.3 is 14.5 Å². The summed E-state index contributed by atoms with van der Waals surface area (Å²) < 4.78 is 4.78. The Hall–Kier alpha value is -7.17. The van der Waals surface area contributed by atoms with Crippen molar-refractivity contribution < 1.29 is 0 Å². The average Bonchev–Trinajstić information content (AvgIpc) is 3.79. The number of hydrogen-bond donors (Lipinski definition) is 1. The van der Waals surface area contributed by atoms with Crippen LogP contribution >= 0.6 is 0 Å². The monoisotopic (exact) mass is 718 g/mol. The number of benzene rings is 8. The van der Waals surface area contributed by atoms with E-state index in [4.69, 9.17) is 4.99 Å². The largest absolute Gasteiger partial charge is 0.363 e. The van der Waals surface area contributed by atoms with Gasteiger partial charge >= 0.3 is 0 Å². The maximum Gasteiger partial charge on any atom is 0.129 e. The Bertz CT molecular complexity index is 3080. The van der Waals surface area contributed by atoms with Crippen LogP contribution in [0.3, 0.4) is 0 Å². The maximum atomic E-state index is 5.34. The molecule has 1 N–H and O–H groups in total. The van der Waals surface area contributed by atoms with Gasteiger partial charge in [0.25, 0.3) is 0 Å². The highest BCUT2D eigenvalue weighted by molar-refractivity contribution is 6.13. The van der Waals surface area contributed by atoms with E-state index in [1.807, 2.05) is 0 Å². The van der Waals surface area contributed by atoms with Crippen LogP contribution in [0, 0.1) is 0 Å². The zero-order chi connectivity index (χ0) is 37.0. The summed E-state index contributed by atoms with van der Waals surface area (Å²) in [5.74, 6) is 0.924. The molecule has 56 heavy (non-hydrogen) atoms. The van der Waals surface area contributed by atoms with Crippen LogP contribution < -0.4 is 5.32 Å². The molecule has 0 amide bonds. The van der Waals surface area contributed by atoms with Gasteiger partial charge in [0.1, 0.15) is 5.84 Å². The molecule has 0 radical (unpaired) electrons. The van der Waals surface area contributed by atoms with Gasteiger partial charge in [-0.1, -0.05) is 140 Å². The van der Waals surface area contributed by atoms with E-state index >= 15 is 0 Å². The number of nitrogens with one attached hydrogen (secondary N) is 1. The number of fused-ring (bicyclic) bond motifs is 6. The van der Waals surface area contributed by atoms with Gasteiger partial charge in [0.15, 0.2) is 0 Å². The molecule has 266 valence electrons. The highest BCUT2D eigenvalue weighted by Crippen LogP contribution is 2.39. The van der Waals surface area contributed by atoms with E-state index in [0.29, 0.717) is 0 Å². The SMILES string of the molecule is c1ccc(C2CC(c3ccccc3)NC(c3cccc(-n4c5ccccc5c5cc(-c6ccc7c(c6)c6ccccc6n7-c6ccccc6)ccc54)c3)=N2)cc1. The summed E-state index contributed by atoms with van der Waals surface area (Å²) in [4.78, 5) is 5.34. The zero-order valence-electron chi connectivity index (χ0n) is 30.8. The molecule has 0 saturated carbocycles. The van der Waals surface area contributed by atoms with Crippen LogP contribution in [0.15, 0.2) is 205 Å². The minimum absolute atomic E-state index is 0.0575. The van der Waals surface area contributed by atoms with Gasteiger partial charge in [-0.25, -0.2) is 0 Å². The molecule has 0 fully saturated rings. The van der Waals surface area contributed by atoms with Crippen LogP contribution in [0.4, 0.5) is 0 Å². The zero-order valence-corrected chi connectivity index (χ0v) is 30.8. The highest BCUT2D eigenvalue weighted by Gasteiger charge is 2.26. The lowest BCUT2D eigenvalue weighted by atomic mass is 9.92. The first-order valence-electron chi connectivity index (χ1n) is 19.4. The molecule has 3 heterocycles. The van der Waals surface area contributed by atoms with E-state index in [9.17, 15) is 0 Å². The quantitative estimate of drug-likeness (QED) is 0.182. The highest BCUT2D eigenvalue weighted by atomic mass is 15.1. The molecule has 1 aliphatic heterocycles. The Kier molecular flexibility index (Phi) is 7.66. The average molecular weight is 719 g/mol. The minimum atomic E-state index is 0.0575. The third kappa shape index (κ3) is 5.41. The molecule has 4 nitrogen and oxygen atoms in total. The van der Waals surface area contributed by atoms with Crippen molar-refractivity contribution in [3.05, 3.63) is 217 Å². The molecule has 2 atom stereocenters. The fraction of sp³-hybridized carbons (Fsp3) is 0.0577. The molecule has 0 spiro atoms. The van der Waals surface area contributed by atoms with Crippen LogP contribution in [-0.4, -0.2) is 15.0 Å². The van der Waals surface area contributed by atoms with Gasteiger partial charge in [0, 0.05) is 38.5 Å². The number of amidine groups is 1. The van der Waals surface area contributed by atoms with Gasteiger partial charge in [-0.3, -0.25) is 4.99 Å². The molecule has 1 aliphatic rings. The molecule has 2 unspecified atom stereocenters. The number of hydrogen-bond acceptors (Lipinski definition) is 2. The summed E-state index contributed by atoms with van der Waals surface area (Å²) in [5, 5.41) is 8.81. The van der Waals surface area contributed by atoms with Crippen molar-refractivity contribution in [2.45, 2.75) is 18.5 Å². The van der Waals surface area contributed by atoms with E-state index in [1.165, 1.54) is 71.6 Å². The minimum Gasteiger partial charge on any atom is -0.363 e. The van der Waals surface area contributed by atoms with Gasteiger partial charge in [-0.05, 0) is 89.3 Å². The van der Waals surface area contributed by atoms with Gasteiger partial charge in [0.05, 0.1) is 34.2 Å². The molecule has 2 aromatic heterocycles. The Morgan fingerprint density at radius 1 is 0.393 bits per heavy atom. The molecular weight excluding hydrogens is 681 g/mol. The molecule has 10 aromatic rings. The van der Waals surface area contributed by atoms with E-state index in [2.05, 4.69) is 215 Å². The van der Waals surface area contributed by atoms with Crippen molar-refractivity contribution in [3.63, 3.8) is 0 Å². The Labute approximate surface area is 325 Å². The summed E-state index contributed by atoms with van der Waals surface area (Å²) >= 11 is 0. The lowest BCUT2D eigenvalue weighted by Crippen LogP contribution is -2.35. The smallest absolute Gasteiger partial charge is 0.129 e.